The smallest absolute Gasteiger partial charge is 0.257 e. The maximum atomic E-state index is 13.1. The van der Waals surface area contributed by atoms with E-state index in [1.54, 1.807) is 6.20 Å². The summed E-state index contributed by atoms with van der Waals surface area (Å²) in [7, 11) is 0. The SMILES string of the molecule is Cc1ccccc1-n1ncc(C(=O)N2CCC(C(=O)NCc3ccccc3)CC2)c1C. The van der Waals surface area contributed by atoms with Crippen molar-refractivity contribution >= 4 is 11.8 Å². The van der Waals surface area contributed by atoms with Crippen LogP contribution in [0.5, 0.6) is 0 Å². The van der Waals surface area contributed by atoms with Crippen molar-refractivity contribution in [3.63, 3.8) is 0 Å². The van der Waals surface area contributed by atoms with Crippen LogP contribution in [0.1, 0.15) is 40.0 Å². The summed E-state index contributed by atoms with van der Waals surface area (Å²) in [4.78, 5) is 27.5. The Balaban J connectivity index is 1.35. The fourth-order valence-electron chi connectivity index (χ4n) is 4.11. The standard InChI is InChI=1S/C25H28N4O2/c1-18-8-6-7-11-23(18)29-19(2)22(17-27-29)25(31)28-14-12-21(13-15-28)24(30)26-16-20-9-4-3-5-10-20/h3-11,17,21H,12-16H2,1-2H3,(H,26,30). The predicted octanol–water partition coefficient (Wildman–Crippen LogP) is 3.66. The Kier molecular flexibility index (Phi) is 6.16. The minimum atomic E-state index is -0.0523. The molecule has 6 nitrogen and oxygen atoms in total. The van der Waals surface area contributed by atoms with E-state index in [2.05, 4.69) is 10.4 Å². The molecule has 3 aromatic rings. The third kappa shape index (κ3) is 4.53. The molecule has 1 saturated heterocycles. The molecule has 0 atom stereocenters. The highest BCUT2D eigenvalue weighted by Gasteiger charge is 2.29. The Morgan fingerprint density at radius 3 is 2.39 bits per heavy atom. The number of aromatic nitrogens is 2. The van der Waals surface area contributed by atoms with Crippen molar-refractivity contribution in [3.8, 4) is 5.69 Å². The summed E-state index contributed by atoms with van der Waals surface area (Å²) in [6, 6.07) is 17.9. The number of aryl methyl sites for hydroxylation is 1. The van der Waals surface area contributed by atoms with E-state index >= 15 is 0 Å². The summed E-state index contributed by atoms with van der Waals surface area (Å²) in [6.07, 6.45) is 3.01. The summed E-state index contributed by atoms with van der Waals surface area (Å²) in [5.41, 5.74) is 4.63. The number of nitrogens with zero attached hydrogens (tertiary/aromatic N) is 3. The van der Waals surface area contributed by atoms with Crippen molar-refractivity contribution in [1.82, 2.24) is 20.0 Å². The van der Waals surface area contributed by atoms with Crippen LogP contribution in [0.25, 0.3) is 5.69 Å². The maximum absolute atomic E-state index is 13.1. The molecule has 0 bridgehead atoms. The van der Waals surface area contributed by atoms with Crippen molar-refractivity contribution in [3.05, 3.63) is 83.2 Å². The zero-order valence-electron chi connectivity index (χ0n) is 18.0. The lowest BCUT2D eigenvalue weighted by Crippen LogP contribution is -2.43. The zero-order chi connectivity index (χ0) is 21.8. The fourth-order valence-corrected chi connectivity index (χ4v) is 4.11. The van der Waals surface area contributed by atoms with Gasteiger partial charge in [-0.15, -0.1) is 0 Å². The number of piperidine rings is 1. The fraction of sp³-hybridized carbons (Fsp3) is 0.320. The van der Waals surface area contributed by atoms with Crippen LogP contribution in [-0.2, 0) is 11.3 Å². The Labute approximate surface area is 182 Å². The van der Waals surface area contributed by atoms with Crippen LogP contribution >= 0.6 is 0 Å². The maximum Gasteiger partial charge on any atom is 0.257 e. The average Bonchev–Trinajstić information content (AvgIpc) is 3.19. The third-order valence-electron chi connectivity index (χ3n) is 6.05. The van der Waals surface area contributed by atoms with E-state index in [1.165, 1.54) is 0 Å². The summed E-state index contributed by atoms with van der Waals surface area (Å²) in [5.74, 6) is 0.00327. The van der Waals surface area contributed by atoms with Crippen LogP contribution in [-0.4, -0.2) is 39.6 Å². The van der Waals surface area contributed by atoms with E-state index in [0.29, 0.717) is 38.0 Å². The molecule has 0 spiro atoms. The van der Waals surface area contributed by atoms with Crippen LogP contribution in [0.15, 0.2) is 60.8 Å². The summed E-state index contributed by atoms with van der Waals surface area (Å²) < 4.78 is 1.83. The van der Waals surface area contributed by atoms with Gasteiger partial charge in [0.25, 0.3) is 5.91 Å². The highest BCUT2D eigenvalue weighted by atomic mass is 16.2. The Morgan fingerprint density at radius 1 is 1.00 bits per heavy atom. The molecule has 0 saturated carbocycles. The highest BCUT2D eigenvalue weighted by molar-refractivity contribution is 5.95. The molecule has 1 fully saturated rings. The van der Waals surface area contributed by atoms with Crippen LogP contribution in [0, 0.1) is 19.8 Å². The number of likely N-dealkylation sites (tertiary alicyclic amines) is 1. The molecule has 1 N–H and O–H groups in total. The lowest BCUT2D eigenvalue weighted by Gasteiger charge is -2.31. The van der Waals surface area contributed by atoms with Gasteiger partial charge in [-0.3, -0.25) is 9.59 Å². The van der Waals surface area contributed by atoms with Crippen molar-refractivity contribution in [2.45, 2.75) is 33.2 Å². The Morgan fingerprint density at radius 2 is 1.68 bits per heavy atom. The molecule has 0 unspecified atom stereocenters. The molecule has 0 radical (unpaired) electrons. The van der Waals surface area contributed by atoms with Gasteiger partial charge < -0.3 is 10.2 Å². The van der Waals surface area contributed by atoms with Crippen LogP contribution in [0.2, 0.25) is 0 Å². The Bertz CT molecular complexity index is 1070. The molecular formula is C25H28N4O2. The van der Waals surface area contributed by atoms with Gasteiger partial charge in [0.2, 0.25) is 5.91 Å². The number of benzene rings is 2. The van der Waals surface area contributed by atoms with Crippen LogP contribution in [0.3, 0.4) is 0 Å². The monoisotopic (exact) mass is 416 g/mol. The van der Waals surface area contributed by atoms with Crippen molar-refractivity contribution in [2.24, 2.45) is 5.92 Å². The van der Waals surface area contributed by atoms with Gasteiger partial charge in [-0.2, -0.15) is 5.10 Å². The second kappa shape index (κ2) is 9.16. The first-order valence-electron chi connectivity index (χ1n) is 10.8. The molecule has 6 heteroatoms. The Hall–Kier alpha value is -3.41. The molecular weight excluding hydrogens is 388 g/mol. The number of rotatable bonds is 5. The largest absolute Gasteiger partial charge is 0.352 e. The van der Waals surface area contributed by atoms with Crippen LogP contribution < -0.4 is 5.32 Å². The molecule has 1 aliphatic heterocycles. The number of carbonyl (C=O) groups excluding carboxylic acids is 2. The first-order chi connectivity index (χ1) is 15.0. The van der Waals surface area contributed by atoms with Gasteiger partial charge in [-0.1, -0.05) is 48.5 Å². The first kappa shape index (κ1) is 20.8. The zero-order valence-corrected chi connectivity index (χ0v) is 18.0. The lowest BCUT2D eigenvalue weighted by atomic mass is 9.95. The van der Waals surface area contributed by atoms with Gasteiger partial charge in [-0.05, 0) is 43.9 Å². The van der Waals surface area contributed by atoms with E-state index in [4.69, 9.17) is 0 Å². The predicted molar refractivity (Wildman–Crippen MR) is 120 cm³/mol. The normalized spacial score (nSPS) is 14.5. The minimum absolute atomic E-state index is 0.0134. The first-order valence-corrected chi connectivity index (χ1v) is 10.8. The molecule has 160 valence electrons. The molecule has 2 heterocycles. The van der Waals surface area contributed by atoms with Crippen molar-refractivity contribution in [1.29, 1.82) is 0 Å². The number of nitrogens with one attached hydrogen (secondary N) is 1. The van der Waals surface area contributed by atoms with Gasteiger partial charge in [0.15, 0.2) is 0 Å². The summed E-state index contributed by atoms with van der Waals surface area (Å²) in [6.45, 7) is 5.66. The summed E-state index contributed by atoms with van der Waals surface area (Å²) in [5, 5.41) is 7.49. The van der Waals surface area contributed by atoms with E-state index in [9.17, 15) is 9.59 Å². The van der Waals surface area contributed by atoms with Crippen molar-refractivity contribution < 1.29 is 9.59 Å². The molecule has 31 heavy (non-hydrogen) atoms. The lowest BCUT2D eigenvalue weighted by molar-refractivity contribution is -0.126. The second-order valence-electron chi connectivity index (χ2n) is 8.11. The van der Waals surface area contributed by atoms with Crippen molar-refractivity contribution in [2.75, 3.05) is 13.1 Å². The van der Waals surface area contributed by atoms with E-state index in [-0.39, 0.29) is 17.7 Å². The minimum Gasteiger partial charge on any atom is -0.352 e. The van der Waals surface area contributed by atoms with Gasteiger partial charge in [0.1, 0.15) is 0 Å². The molecule has 1 aromatic heterocycles. The average molecular weight is 417 g/mol. The van der Waals surface area contributed by atoms with Crippen LogP contribution in [0.4, 0.5) is 0 Å². The molecule has 1 aliphatic rings. The van der Waals surface area contributed by atoms with Gasteiger partial charge in [0.05, 0.1) is 23.1 Å². The molecule has 4 rings (SSSR count). The third-order valence-corrected chi connectivity index (χ3v) is 6.05. The number of hydrogen-bond donors (Lipinski definition) is 1. The highest BCUT2D eigenvalue weighted by Crippen LogP contribution is 2.22. The topological polar surface area (TPSA) is 67.2 Å². The van der Waals surface area contributed by atoms with Gasteiger partial charge >= 0.3 is 0 Å². The summed E-state index contributed by atoms with van der Waals surface area (Å²) >= 11 is 0. The van der Waals surface area contributed by atoms with Gasteiger partial charge in [-0.25, -0.2) is 4.68 Å². The second-order valence-corrected chi connectivity index (χ2v) is 8.11. The number of para-hydroxylation sites is 1. The number of hydrogen-bond acceptors (Lipinski definition) is 3. The number of amides is 2. The number of carbonyl (C=O) groups is 2. The molecule has 2 amide bonds. The molecule has 2 aromatic carbocycles. The van der Waals surface area contributed by atoms with E-state index < -0.39 is 0 Å². The quantitative estimate of drug-likeness (QED) is 0.690. The molecule has 0 aliphatic carbocycles. The van der Waals surface area contributed by atoms with E-state index in [0.717, 1.165) is 22.5 Å². The van der Waals surface area contributed by atoms with E-state index in [1.807, 2.05) is 78.0 Å². The van der Waals surface area contributed by atoms with Gasteiger partial charge in [0, 0.05) is 25.6 Å².